The Labute approximate surface area is 167 Å². The van der Waals surface area contributed by atoms with Crippen molar-refractivity contribution in [3.63, 3.8) is 0 Å². The number of carbonyl (C=O) groups excluding carboxylic acids is 3. The summed E-state index contributed by atoms with van der Waals surface area (Å²) >= 11 is 1.58. The molecule has 2 heterocycles. The molecule has 1 aliphatic heterocycles. The third kappa shape index (κ3) is 3.62. The van der Waals surface area contributed by atoms with Crippen molar-refractivity contribution in [2.75, 3.05) is 11.9 Å². The van der Waals surface area contributed by atoms with Crippen molar-refractivity contribution in [2.24, 2.45) is 11.8 Å². The number of amides is 3. The SMILES string of the molecule is Cc1nc(-c2cccc(NC(=O)CCN3C(=O)[C@H]4CC=CC[C@@H]4C3=O)c2)cs1. The van der Waals surface area contributed by atoms with Crippen LogP contribution in [0.15, 0.2) is 41.8 Å². The van der Waals surface area contributed by atoms with Crippen LogP contribution < -0.4 is 5.32 Å². The van der Waals surface area contributed by atoms with Crippen molar-refractivity contribution in [3.05, 3.63) is 46.8 Å². The van der Waals surface area contributed by atoms with E-state index >= 15 is 0 Å². The lowest BCUT2D eigenvalue weighted by Crippen LogP contribution is -2.34. The molecule has 144 valence electrons. The quantitative estimate of drug-likeness (QED) is 0.622. The van der Waals surface area contributed by atoms with Gasteiger partial charge in [0.1, 0.15) is 0 Å². The Bertz CT molecular complexity index is 939. The van der Waals surface area contributed by atoms with Crippen LogP contribution in [0.2, 0.25) is 0 Å². The molecule has 1 aromatic heterocycles. The Morgan fingerprint density at radius 2 is 1.93 bits per heavy atom. The molecule has 0 spiro atoms. The number of carbonyl (C=O) groups is 3. The number of rotatable bonds is 5. The molecule has 2 aliphatic rings. The van der Waals surface area contributed by atoms with Crippen molar-refractivity contribution in [1.29, 1.82) is 0 Å². The number of thiazole rings is 1. The number of imide groups is 1. The molecule has 3 amide bonds. The number of aromatic nitrogens is 1. The van der Waals surface area contributed by atoms with Gasteiger partial charge in [-0.2, -0.15) is 0 Å². The summed E-state index contributed by atoms with van der Waals surface area (Å²) in [5.41, 5.74) is 2.48. The van der Waals surface area contributed by atoms with E-state index in [1.165, 1.54) is 4.90 Å². The lowest BCUT2D eigenvalue weighted by molar-refractivity contribution is -0.140. The molecule has 1 N–H and O–H groups in total. The van der Waals surface area contributed by atoms with E-state index in [4.69, 9.17) is 0 Å². The van der Waals surface area contributed by atoms with Crippen LogP contribution in [0.5, 0.6) is 0 Å². The second kappa shape index (κ2) is 7.67. The number of aryl methyl sites for hydroxylation is 1. The maximum Gasteiger partial charge on any atom is 0.233 e. The average molecular weight is 395 g/mol. The molecule has 1 aromatic carbocycles. The number of likely N-dealkylation sites (tertiary alicyclic amines) is 1. The highest BCUT2D eigenvalue weighted by atomic mass is 32.1. The summed E-state index contributed by atoms with van der Waals surface area (Å²) < 4.78 is 0. The second-order valence-corrected chi connectivity index (χ2v) is 8.18. The molecule has 6 nitrogen and oxygen atoms in total. The number of anilines is 1. The van der Waals surface area contributed by atoms with Crippen molar-refractivity contribution in [1.82, 2.24) is 9.88 Å². The van der Waals surface area contributed by atoms with Gasteiger partial charge in [0.2, 0.25) is 17.7 Å². The minimum atomic E-state index is -0.251. The average Bonchev–Trinajstić information content (AvgIpc) is 3.23. The molecule has 0 unspecified atom stereocenters. The van der Waals surface area contributed by atoms with Crippen LogP contribution in [0.1, 0.15) is 24.3 Å². The molecule has 7 heteroatoms. The maximum atomic E-state index is 12.5. The molecular weight excluding hydrogens is 374 g/mol. The Morgan fingerprint density at radius 3 is 2.57 bits per heavy atom. The predicted octanol–water partition coefficient (Wildman–Crippen LogP) is 3.40. The fourth-order valence-corrected chi connectivity index (χ4v) is 4.40. The highest BCUT2D eigenvalue weighted by Crippen LogP contribution is 2.35. The monoisotopic (exact) mass is 395 g/mol. The number of nitrogens with one attached hydrogen (secondary N) is 1. The van der Waals surface area contributed by atoms with Gasteiger partial charge >= 0.3 is 0 Å². The standard InChI is InChI=1S/C21H21N3O3S/c1-13-22-18(12-28-13)14-5-4-6-15(11-14)23-19(25)9-10-24-20(26)16-7-2-3-8-17(16)21(24)27/h2-6,11-12,16-17H,7-10H2,1H3,(H,23,25)/t16-,17-/m0/s1. The van der Waals surface area contributed by atoms with Crippen LogP contribution in [-0.2, 0) is 14.4 Å². The van der Waals surface area contributed by atoms with Gasteiger partial charge in [-0.1, -0.05) is 24.3 Å². The van der Waals surface area contributed by atoms with Gasteiger partial charge in [0.25, 0.3) is 0 Å². The van der Waals surface area contributed by atoms with Crippen LogP contribution >= 0.6 is 11.3 Å². The van der Waals surface area contributed by atoms with Gasteiger partial charge in [0.05, 0.1) is 22.5 Å². The number of hydrogen-bond acceptors (Lipinski definition) is 5. The largest absolute Gasteiger partial charge is 0.326 e. The molecule has 2 atom stereocenters. The van der Waals surface area contributed by atoms with Gasteiger partial charge in [-0.3, -0.25) is 19.3 Å². The summed E-state index contributed by atoms with van der Waals surface area (Å²) in [4.78, 5) is 43.0. The number of fused-ring (bicyclic) bond motifs is 1. The topological polar surface area (TPSA) is 79.4 Å². The van der Waals surface area contributed by atoms with Gasteiger partial charge in [-0.25, -0.2) is 4.98 Å². The lowest BCUT2D eigenvalue weighted by atomic mass is 9.85. The summed E-state index contributed by atoms with van der Waals surface area (Å²) in [7, 11) is 0. The number of benzene rings is 1. The zero-order valence-electron chi connectivity index (χ0n) is 15.6. The fourth-order valence-electron chi connectivity index (χ4n) is 3.78. The Hall–Kier alpha value is -2.80. The van der Waals surface area contributed by atoms with Gasteiger partial charge in [-0.15, -0.1) is 11.3 Å². The van der Waals surface area contributed by atoms with Crippen LogP contribution in [0.3, 0.4) is 0 Å². The van der Waals surface area contributed by atoms with E-state index in [0.717, 1.165) is 16.3 Å². The molecule has 1 fully saturated rings. The first-order valence-electron chi connectivity index (χ1n) is 9.35. The summed E-state index contributed by atoms with van der Waals surface area (Å²) in [6.45, 7) is 2.08. The van der Waals surface area contributed by atoms with E-state index in [-0.39, 0.29) is 42.5 Å². The molecule has 0 bridgehead atoms. The third-order valence-corrected chi connectivity index (χ3v) is 6.00. The molecule has 4 rings (SSSR count). The summed E-state index contributed by atoms with van der Waals surface area (Å²) in [6, 6.07) is 7.50. The molecule has 0 radical (unpaired) electrons. The van der Waals surface area contributed by atoms with E-state index < -0.39 is 0 Å². The van der Waals surface area contributed by atoms with E-state index in [9.17, 15) is 14.4 Å². The summed E-state index contributed by atoms with van der Waals surface area (Å²) in [5, 5.41) is 5.82. The maximum absolute atomic E-state index is 12.5. The van der Waals surface area contributed by atoms with Crippen LogP contribution in [0.4, 0.5) is 5.69 Å². The summed E-state index contributed by atoms with van der Waals surface area (Å²) in [6.07, 6.45) is 5.23. The van der Waals surface area contributed by atoms with Crippen molar-refractivity contribution in [2.45, 2.75) is 26.2 Å². The minimum absolute atomic E-state index is 0.0877. The molecule has 28 heavy (non-hydrogen) atoms. The zero-order valence-corrected chi connectivity index (χ0v) is 16.4. The molecule has 2 aromatic rings. The van der Waals surface area contributed by atoms with Gasteiger partial charge in [0, 0.05) is 29.6 Å². The number of nitrogens with zero attached hydrogens (tertiary/aromatic N) is 2. The fraction of sp³-hybridized carbons (Fsp3) is 0.333. The molecule has 1 saturated heterocycles. The van der Waals surface area contributed by atoms with Crippen LogP contribution in [0.25, 0.3) is 11.3 Å². The number of hydrogen-bond donors (Lipinski definition) is 1. The van der Waals surface area contributed by atoms with Crippen molar-refractivity contribution >= 4 is 34.7 Å². The van der Waals surface area contributed by atoms with E-state index in [1.54, 1.807) is 11.3 Å². The highest BCUT2D eigenvalue weighted by Gasteiger charge is 2.46. The Morgan fingerprint density at radius 1 is 1.21 bits per heavy atom. The van der Waals surface area contributed by atoms with Crippen LogP contribution in [-0.4, -0.2) is 34.2 Å². The smallest absolute Gasteiger partial charge is 0.233 e. The van der Waals surface area contributed by atoms with E-state index in [1.807, 2.05) is 48.7 Å². The second-order valence-electron chi connectivity index (χ2n) is 7.11. The minimum Gasteiger partial charge on any atom is -0.326 e. The van der Waals surface area contributed by atoms with Crippen LogP contribution in [0, 0.1) is 18.8 Å². The summed E-state index contributed by atoms with van der Waals surface area (Å²) in [5.74, 6) is -1.01. The lowest BCUT2D eigenvalue weighted by Gasteiger charge is -2.14. The molecular formula is C21H21N3O3S. The van der Waals surface area contributed by atoms with Gasteiger partial charge < -0.3 is 5.32 Å². The third-order valence-electron chi connectivity index (χ3n) is 5.22. The molecule has 1 aliphatic carbocycles. The Kier molecular flexibility index (Phi) is 5.09. The van der Waals surface area contributed by atoms with Gasteiger partial charge in [0.15, 0.2) is 0 Å². The van der Waals surface area contributed by atoms with E-state index in [0.29, 0.717) is 18.5 Å². The predicted molar refractivity (Wildman–Crippen MR) is 108 cm³/mol. The van der Waals surface area contributed by atoms with Crippen molar-refractivity contribution < 1.29 is 14.4 Å². The zero-order chi connectivity index (χ0) is 19.7. The highest BCUT2D eigenvalue weighted by molar-refractivity contribution is 7.09. The Balaban J connectivity index is 1.36. The number of allylic oxidation sites excluding steroid dienone is 2. The van der Waals surface area contributed by atoms with E-state index in [2.05, 4.69) is 10.3 Å². The van der Waals surface area contributed by atoms with Crippen molar-refractivity contribution in [3.8, 4) is 11.3 Å². The first-order valence-corrected chi connectivity index (χ1v) is 10.2. The molecule has 0 saturated carbocycles. The first kappa shape index (κ1) is 18.6. The van der Waals surface area contributed by atoms with Gasteiger partial charge in [-0.05, 0) is 31.9 Å². The first-order chi connectivity index (χ1) is 13.5. The normalized spacial score (nSPS) is 21.1.